The highest BCUT2D eigenvalue weighted by atomic mass is 35.5. The van der Waals surface area contributed by atoms with Gasteiger partial charge in [0, 0.05) is 23.7 Å². The fourth-order valence-corrected chi connectivity index (χ4v) is 1.37. The predicted molar refractivity (Wildman–Crippen MR) is 58.5 cm³/mol. The van der Waals surface area contributed by atoms with Gasteiger partial charge in [0.2, 0.25) is 0 Å². The van der Waals surface area contributed by atoms with Crippen molar-refractivity contribution < 1.29 is 9.53 Å². The van der Waals surface area contributed by atoms with Crippen molar-refractivity contribution >= 4 is 29.2 Å². The molecule has 14 heavy (non-hydrogen) atoms. The number of methoxy groups -OCH3 is 1. The van der Waals surface area contributed by atoms with Crippen molar-refractivity contribution in [3.05, 3.63) is 10.6 Å². The number of nitrogens with zero attached hydrogens (tertiary/aromatic N) is 1. The number of likely N-dealkylation sites (N-methyl/N-ethyl adjacent to an activating group) is 1. The molecule has 0 heterocycles. The van der Waals surface area contributed by atoms with Gasteiger partial charge in [0.1, 0.15) is 0 Å². The van der Waals surface area contributed by atoms with Crippen LogP contribution in [0.4, 0.5) is 0 Å². The number of carbonyl (C=O) groups is 1. The zero-order valence-electron chi connectivity index (χ0n) is 8.59. The molecule has 0 aromatic carbocycles. The average Bonchev–Trinajstić information content (AvgIpc) is 2.15. The van der Waals surface area contributed by atoms with Gasteiger partial charge in [-0.1, -0.05) is 30.1 Å². The van der Waals surface area contributed by atoms with Crippen LogP contribution in [0.1, 0.15) is 6.92 Å². The summed E-state index contributed by atoms with van der Waals surface area (Å²) in [5.74, 6) is -0.382. The van der Waals surface area contributed by atoms with E-state index in [0.717, 1.165) is 0 Å². The Bertz CT molecular complexity index is 219. The number of hydrogen-bond acceptors (Lipinski definition) is 3. The van der Waals surface area contributed by atoms with Gasteiger partial charge in [0.05, 0.1) is 13.0 Å². The van der Waals surface area contributed by atoms with Crippen molar-refractivity contribution in [3.8, 4) is 0 Å². The van der Waals surface area contributed by atoms with Crippen LogP contribution in [0.3, 0.4) is 0 Å². The quantitative estimate of drug-likeness (QED) is 0.689. The Labute approximate surface area is 94.6 Å². The van der Waals surface area contributed by atoms with Gasteiger partial charge in [-0.05, 0) is 7.05 Å². The smallest absolute Gasteiger partial charge is 0.309 e. The molecule has 0 aliphatic rings. The molecule has 0 spiro atoms. The van der Waals surface area contributed by atoms with E-state index in [4.69, 9.17) is 23.2 Å². The lowest BCUT2D eigenvalue weighted by molar-refractivity contribution is -0.145. The monoisotopic (exact) mass is 239 g/mol. The van der Waals surface area contributed by atoms with E-state index >= 15 is 0 Å². The number of rotatable bonds is 5. The lowest BCUT2D eigenvalue weighted by Crippen LogP contribution is -2.30. The lowest BCUT2D eigenvalue weighted by Gasteiger charge is -2.19. The van der Waals surface area contributed by atoms with Crippen LogP contribution in [-0.4, -0.2) is 38.1 Å². The first-order chi connectivity index (χ1) is 6.51. The third-order valence-electron chi connectivity index (χ3n) is 1.73. The first-order valence-corrected chi connectivity index (χ1v) is 5.03. The summed E-state index contributed by atoms with van der Waals surface area (Å²) >= 11 is 11.1. The topological polar surface area (TPSA) is 29.5 Å². The Balaban J connectivity index is 3.93. The maximum Gasteiger partial charge on any atom is 0.309 e. The van der Waals surface area contributed by atoms with Crippen molar-refractivity contribution in [1.82, 2.24) is 4.90 Å². The second kappa shape index (κ2) is 7.10. The van der Waals surface area contributed by atoms with Crippen LogP contribution in [0.25, 0.3) is 0 Å². The number of hydrogen-bond donors (Lipinski definition) is 0. The standard InChI is InChI=1S/C9H15Cl2NO2/c1-7(9(13)14-3)5-12(2)6-8(11)4-10/h4,7H,5-6H2,1-3H3. The Morgan fingerprint density at radius 3 is 2.64 bits per heavy atom. The summed E-state index contributed by atoms with van der Waals surface area (Å²) in [5.41, 5.74) is 1.32. The molecule has 3 nitrogen and oxygen atoms in total. The van der Waals surface area contributed by atoms with Gasteiger partial charge in [-0.25, -0.2) is 0 Å². The molecule has 0 aromatic rings. The molecular weight excluding hydrogens is 225 g/mol. The average molecular weight is 240 g/mol. The fraction of sp³-hybridized carbons (Fsp3) is 0.667. The third-order valence-corrected chi connectivity index (χ3v) is 2.33. The number of carbonyl (C=O) groups excluding carboxylic acids is 1. The molecule has 0 aromatic heterocycles. The van der Waals surface area contributed by atoms with E-state index in [2.05, 4.69) is 4.74 Å². The minimum atomic E-state index is -0.220. The molecule has 0 radical (unpaired) electrons. The first-order valence-electron chi connectivity index (χ1n) is 4.22. The number of halogens is 2. The third kappa shape index (κ3) is 5.47. The Morgan fingerprint density at radius 1 is 1.64 bits per heavy atom. The van der Waals surface area contributed by atoms with Crippen LogP contribution in [0, 0.1) is 5.92 Å². The summed E-state index contributed by atoms with van der Waals surface area (Å²) in [4.78, 5) is 13.0. The van der Waals surface area contributed by atoms with Gasteiger partial charge in [-0.3, -0.25) is 4.79 Å². The van der Waals surface area contributed by atoms with Gasteiger partial charge >= 0.3 is 5.97 Å². The van der Waals surface area contributed by atoms with Crippen molar-refractivity contribution in [3.63, 3.8) is 0 Å². The van der Waals surface area contributed by atoms with E-state index in [0.29, 0.717) is 18.1 Å². The van der Waals surface area contributed by atoms with Crippen molar-refractivity contribution in [2.24, 2.45) is 5.92 Å². The Morgan fingerprint density at radius 2 is 2.21 bits per heavy atom. The minimum absolute atomic E-state index is 0.162. The molecule has 0 rings (SSSR count). The van der Waals surface area contributed by atoms with Gasteiger partial charge in [-0.2, -0.15) is 0 Å². The molecule has 0 bridgehead atoms. The van der Waals surface area contributed by atoms with E-state index < -0.39 is 0 Å². The molecule has 0 saturated heterocycles. The molecule has 0 N–H and O–H groups in total. The number of ether oxygens (including phenoxy) is 1. The zero-order chi connectivity index (χ0) is 11.1. The van der Waals surface area contributed by atoms with Crippen LogP contribution in [-0.2, 0) is 9.53 Å². The summed E-state index contributed by atoms with van der Waals surface area (Å²) < 4.78 is 4.60. The van der Waals surface area contributed by atoms with Gasteiger partial charge < -0.3 is 9.64 Å². The first kappa shape index (κ1) is 13.8. The number of esters is 1. The van der Waals surface area contributed by atoms with Crippen LogP contribution >= 0.6 is 23.2 Å². The molecule has 0 amide bonds. The van der Waals surface area contributed by atoms with Crippen molar-refractivity contribution in [1.29, 1.82) is 0 Å². The van der Waals surface area contributed by atoms with Gasteiger partial charge in [-0.15, -0.1) is 0 Å². The van der Waals surface area contributed by atoms with Gasteiger partial charge in [0.25, 0.3) is 0 Å². The Hall–Kier alpha value is -0.250. The summed E-state index contributed by atoms with van der Waals surface area (Å²) in [5, 5.41) is 0.547. The van der Waals surface area contributed by atoms with E-state index in [1.807, 2.05) is 11.9 Å². The highest BCUT2D eigenvalue weighted by molar-refractivity contribution is 6.36. The SMILES string of the molecule is COC(=O)C(C)CN(C)CC(Cl)=CCl. The lowest BCUT2D eigenvalue weighted by atomic mass is 10.2. The molecule has 5 heteroatoms. The molecule has 1 atom stereocenters. The van der Waals surface area contributed by atoms with E-state index in [9.17, 15) is 4.79 Å². The van der Waals surface area contributed by atoms with Crippen molar-refractivity contribution in [2.75, 3.05) is 27.2 Å². The van der Waals surface area contributed by atoms with Gasteiger partial charge in [0.15, 0.2) is 0 Å². The molecule has 1 unspecified atom stereocenters. The molecule has 0 aliphatic carbocycles. The molecular formula is C9H15Cl2NO2. The summed E-state index contributed by atoms with van der Waals surface area (Å²) in [6.45, 7) is 2.93. The van der Waals surface area contributed by atoms with Crippen LogP contribution < -0.4 is 0 Å². The maximum atomic E-state index is 11.1. The van der Waals surface area contributed by atoms with Crippen LogP contribution in [0.5, 0.6) is 0 Å². The summed E-state index contributed by atoms with van der Waals surface area (Å²) in [6, 6.07) is 0. The van der Waals surface area contributed by atoms with E-state index in [1.54, 1.807) is 6.92 Å². The second-order valence-corrected chi connectivity index (χ2v) is 3.88. The normalized spacial score (nSPS) is 14.3. The zero-order valence-corrected chi connectivity index (χ0v) is 10.1. The highest BCUT2D eigenvalue weighted by Crippen LogP contribution is 2.07. The largest absolute Gasteiger partial charge is 0.469 e. The molecule has 0 aliphatic heterocycles. The molecule has 0 saturated carbocycles. The highest BCUT2D eigenvalue weighted by Gasteiger charge is 2.15. The predicted octanol–water partition coefficient (Wildman–Crippen LogP) is 2.05. The van der Waals surface area contributed by atoms with Crippen LogP contribution in [0.15, 0.2) is 10.6 Å². The van der Waals surface area contributed by atoms with Crippen LogP contribution in [0.2, 0.25) is 0 Å². The minimum Gasteiger partial charge on any atom is -0.469 e. The van der Waals surface area contributed by atoms with E-state index in [-0.39, 0.29) is 11.9 Å². The molecule has 0 fully saturated rings. The second-order valence-electron chi connectivity index (χ2n) is 3.18. The molecule has 82 valence electrons. The van der Waals surface area contributed by atoms with E-state index in [1.165, 1.54) is 12.6 Å². The summed E-state index contributed by atoms with van der Waals surface area (Å²) in [7, 11) is 3.24. The fourth-order valence-electron chi connectivity index (χ4n) is 1.10. The summed E-state index contributed by atoms with van der Waals surface area (Å²) in [6.07, 6.45) is 0. The Kier molecular flexibility index (Phi) is 6.97. The maximum absolute atomic E-state index is 11.1. The van der Waals surface area contributed by atoms with Crippen molar-refractivity contribution in [2.45, 2.75) is 6.92 Å².